The number of ether oxygens (including phenoxy) is 1. The Balaban J connectivity index is 2.78. The Morgan fingerprint density at radius 2 is 1.72 bits per heavy atom. The molecule has 0 aromatic heterocycles. The maximum atomic E-state index is 12.3. The summed E-state index contributed by atoms with van der Waals surface area (Å²) < 4.78 is 5.20. The van der Waals surface area contributed by atoms with Crippen molar-refractivity contribution in [1.82, 2.24) is 5.32 Å². The summed E-state index contributed by atoms with van der Waals surface area (Å²) in [4.78, 5) is 12.3. The van der Waals surface area contributed by atoms with Crippen LogP contribution in [0, 0.1) is 5.41 Å². The summed E-state index contributed by atoms with van der Waals surface area (Å²) in [6.07, 6.45) is 0.987. The molecule has 7 heteroatoms. The summed E-state index contributed by atoms with van der Waals surface area (Å²) in [5, 5.41) is 30.1. The number of hydrogen-bond donors (Lipinski definition) is 5. The summed E-state index contributed by atoms with van der Waals surface area (Å²) in [5.41, 5.74) is 3.53. The quantitative estimate of drug-likeness (QED) is 0.362. The first kappa shape index (κ1) is 15.3. The molecular formula is C11H22N2O5. The third-order valence-corrected chi connectivity index (χ3v) is 3.61. The number of aliphatic hydroxyl groups excluding tert-OH is 3. The fourth-order valence-electron chi connectivity index (χ4n) is 1.93. The van der Waals surface area contributed by atoms with E-state index in [4.69, 9.17) is 10.5 Å². The van der Waals surface area contributed by atoms with Crippen molar-refractivity contribution < 1.29 is 24.9 Å². The van der Waals surface area contributed by atoms with Crippen LogP contribution in [-0.2, 0) is 9.53 Å². The number of rotatable bonds is 6. The van der Waals surface area contributed by atoms with Gasteiger partial charge in [0.1, 0.15) is 5.54 Å². The molecule has 0 spiro atoms. The van der Waals surface area contributed by atoms with Gasteiger partial charge < -0.3 is 31.1 Å². The van der Waals surface area contributed by atoms with E-state index in [1.165, 1.54) is 0 Å². The van der Waals surface area contributed by atoms with Gasteiger partial charge in [0.05, 0.1) is 25.2 Å². The largest absolute Gasteiger partial charge is 0.394 e. The molecule has 0 radical (unpaired) electrons. The highest BCUT2D eigenvalue weighted by Gasteiger charge is 2.42. The Hall–Kier alpha value is -0.730. The second-order valence-electron chi connectivity index (χ2n) is 4.81. The van der Waals surface area contributed by atoms with Gasteiger partial charge in [-0.1, -0.05) is 0 Å². The average molecular weight is 262 g/mol. The Labute approximate surface area is 106 Å². The van der Waals surface area contributed by atoms with E-state index in [-0.39, 0.29) is 12.5 Å². The minimum atomic E-state index is -1.41. The molecule has 106 valence electrons. The van der Waals surface area contributed by atoms with Crippen LogP contribution in [0.25, 0.3) is 0 Å². The molecule has 0 aromatic carbocycles. The lowest BCUT2D eigenvalue weighted by atomic mass is 9.78. The predicted octanol–water partition coefficient (Wildman–Crippen LogP) is -2.43. The average Bonchev–Trinajstić information content (AvgIpc) is 2.45. The molecule has 1 saturated heterocycles. The van der Waals surface area contributed by atoms with Crippen LogP contribution < -0.4 is 11.1 Å². The smallest absolute Gasteiger partial charge is 0.228 e. The van der Waals surface area contributed by atoms with E-state index in [2.05, 4.69) is 5.32 Å². The molecule has 1 aliphatic heterocycles. The van der Waals surface area contributed by atoms with E-state index in [1.54, 1.807) is 0 Å². The first-order valence-corrected chi connectivity index (χ1v) is 6.01. The zero-order chi connectivity index (χ0) is 13.6. The van der Waals surface area contributed by atoms with Crippen molar-refractivity contribution in [3.8, 4) is 0 Å². The van der Waals surface area contributed by atoms with Crippen molar-refractivity contribution in [2.24, 2.45) is 11.1 Å². The normalized spacial score (nSPS) is 19.6. The number of nitrogens with two attached hydrogens (primary N) is 1. The summed E-state index contributed by atoms with van der Waals surface area (Å²) in [7, 11) is 0. The van der Waals surface area contributed by atoms with E-state index in [0.717, 1.165) is 0 Å². The molecule has 1 heterocycles. The molecule has 1 amide bonds. The minimum absolute atomic E-state index is 0.167. The molecule has 18 heavy (non-hydrogen) atoms. The molecule has 0 aliphatic carbocycles. The van der Waals surface area contributed by atoms with Crippen LogP contribution in [-0.4, -0.2) is 66.3 Å². The van der Waals surface area contributed by atoms with Crippen molar-refractivity contribution >= 4 is 5.91 Å². The maximum Gasteiger partial charge on any atom is 0.228 e. The topological polar surface area (TPSA) is 125 Å². The molecule has 0 atom stereocenters. The van der Waals surface area contributed by atoms with Crippen LogP contribution in [0.5, 0.6) is 0 Å². The zero-order valence-corrected chi connectivity index (χ0v) is 10.4. The summed E-state index contributed by atoms with van der Waals surface area (Å²) in [6.45, 7) is -0.542. The van der Waals surface area contributed by atoms with Crippen molar-refractivity contribution in [2.75, 3.05) is 39.6 Å². The van der Waals surface area contributed by atoms with Crippen LogP contribution >= 0.6 is 0 Å². The molecule has 0 unspecified atom stereocenters. The van der Waals surface area contributed by atoms with Crippen molar-refractivity contribution in [1.29, 1.82) is 0 Å². The van der Waals surface area contributed by atoms with Gasteiger partial charge in [-0.15, -0.1) is 0 Å². The Bertz CT molecular complexity index is 266. The summed E-state index contributed by atoms with van der Waals surface area (Å²) in [5.74, 6) is -0.356. The number of carbonyl (C=O) groups excluding carboxylic acids is 1. The molecular weight excluding hydrogens is 240 g/mol. The van der Waals surface area contributed by atoms with Crippen LogP contribution in [0.15, 0.2) is 0 Å². The molecule has 0 aromatic rings. The first-order valence-electron chi connectivity index (χ1n) is 6.01. The van der Waals surface area contributed by atoms with Crippen LogP contribution in [0.2, 0.25) is 0 Å². The number of carbonyl (C=O) groups is 1. The molecule has 1 fully saturated rings. The molecule has 0 bridgehead atoms. The van der Waals surface area contributed by atoms with E-state index in [0.29, 0.717) is 26.1 Å². The van der Waals surface area contributed by atoms with Gasteiger partial charge in [-0.25, -0.2) is 0 Å². The van der Waals surface area contributed by atoms with Crippen LogP contribution in [0.4, 0.5) is 0 Å². The number of aliphatic hydroxyl groups is 3. The van der Waals surface area contributed by atoms with Gasteiger partial charge >= 0.3 is 0 Å². The number of hydrogen-bond acceptors (Lipinski definition) is 6. The lowest BCUT2D eigenvalue weighted by molar-refractivity contribution is -0.140. The Morgan fingerprint density at radius 3 is 2.11 bits per heavy atom. The van der Waals surface area contributed by atoms with Crippen LogP contribution in [0.3, 0.4) is 0 Å². The highest BCUT2D eigenvalue weighted by atomic mass is 16.5. The predicted molar refractivity (Wildman–Crippen MR) is 63.7 cm³/mol. The van der Waals surface area contributed by atoms with E-state index >= 15 is 0 Å². The van der Waals surface area contributed by atoms with Gasteiger partial charge in [-0.05, 0) is 12.8 Å². The van der Waals surface area contributed by atoms with Gasteiger partial charge in [0.2, 0.25) is 5.91 Å². The first-order chi connectivity index (χ1) is 8.58. The highest BCUT2D eigenvalue weighted by Crippen LogP contribution is 2.30. The van der Waals surface area contributed by atoms with Gasteiger partial charge in [-0.3, -0.25) is 4.79 Å². The maximum absolute atomic E-state index is 12.3. The van der Waals surface area contributed by atoms with Crippen molar-refractivity contribution in [2.45, 2.75) is 18.4 Å². The van der Waals surface area contributed by atoms with Gasteiger partial charge in [0.25, 0.3) is 0 Å². The van der Waals surface area contributed by atoms with E-state index in [1.807, 2.05) is 0 Å². The van der Waals surface area contributed by atoms with E-state index < -0.39 is 30.8 Å². The standard InChI is InChI=1S/C11H22N2O5/c12-5-10(1-3-18-4-2-10)9(17)13-11(6-14,7-15)8-16/h14-16H,1-8,12H2,(H,13,17). The Kier molecular flexibility index (Phi) is 5.48. The molecule has 1 rings (SSSR count). The second kappa shape index (κ2) is 6.44. The second-order valence-corrected chi connectivity index (χ2v) is 4.81. The summed E-state index contributed by atoms with van der Waals surface area (Å²) in [6, 6.07) is 0. The third-order valence-electron chi connectivity index (χ3n) is 3.61. The number of amides is 1. The fourth-order valence-corrected chi connectivity index (χ4v) is 1.93. The SMILES string of the molecule is NCC1(C(=O)NC(CO)(CO)CO)CCOCC1. The van der Waals surface area contributed by atoms with Crippen molar-refractivity contribution in [3.63, 3.8) is 0 Å². The Morgan fingerprint density at radius 1 is 1.22 bits per heavy atom. The van der Waals surface area contributed by atoms with Gasteiger partial charge in [0, 0.05) is 19.8 Å². The molecule has 6 N–H and O–H groups in total. The van der Waals surface area contributed by atoms with Crippen LogP contribution in [0.1, 0.15) is 12.8 Å². The minimum Gasteiger partial charge on any atom is -0.394 e. The molecule has 7 nitrogen and oxygen atoms in total. The van der Waals surface area contributed by atoms with Crippen molar-refractivity contribution in [3.05, 3.63) is 0 Å². The summed E-state index contributed by atoms with van der Waals surface area (Å²) >= 11 is 0. The number of nitrogens with one attached hydrogen (secondary N) is 1. The lowest BCUT2D eigenvalue weighted by Crippen LogP contribution is -2.62. The highest BCUT2D eigenvalue weighted by molar-refractivity contribution is 5.83. The van der Waals surface area contributed by atoms with Gasteiger partial charge in [0.15, 0.2) is 0 Å². The van der Waals surface area contributed by atoms with E-state index in [9.17, 15) is 20.1 Å². The van der Waals surface area contributed by atoms with Gasteiger partial charge in [-0.2, -0.15) is 0 Å². The monoisotopic (exact) mass is 262 g/mol. The fraction of sp³-hybridized carbons (Fsp3) is 0.909. The molecule has 1 aliphatic rings. The third kappa shape index (κ3) is 2.99. The zero-order valence-electron chi connectivity index (χ0n) is 10.4. The molecule has 0 saturated carbocycles. The lowest BCUT2D eigenvalue weighted by Gasteiger charge is -2.38.